The van der Waals surface area contributed by atoms with Crippen LogP contribution in [-0.4, -0.2) is 31.7 Å². The molecule has 0 fully saturated rings. The second-order valence-corrected chi connectivity index (χ2v) is 12.1. The highest BCUT2D eigenvalue weighted by Gasteiger charge is 2.33. The lowest BCUT2D eigenvalue weighted by atomic mass is 10.2. The average Bonchev–Trinajstić information content (AvgIpc) is 3.19. The molecule has 220 valence electrons. The summed E-state index contributed by atoms with van der Waals surface area (Å²) >= 11 is 12.4. The molecule has 0 aliphatic heterocycles. The van der Waals surface area contributed by atoms with Crippen LogP contribution in [0.25, 0.3) is 5.69 Å². The van der Waals surface area contributed by atoms with Crippen LogP contribution in [-0.2, 0) is 21.0 Å². The van der Waals surface area contributed by atoms with E-state index in [0.717, 1.165) is 29.1 Å². The minimum atomic E-state index is -4.72. The van der Waals surface area contributed by atoms with E-state index >= 15 is 0 Å². The van der Waals surface area contributed by atoms with Crippen LogP contribution in [0.4, 0.5) is 18.9 Å². The Labute approximate surface area is 251 Å². The molecule has 0 atom stereocenters. The number of carbonyl (C=O) groups is 1. The normalized spacial score (nSPS) is 12.1. The van der Waals surface area contributed by atoms with Crippen molar-refractivity contribution in [3.05, 3.63) is 111 Å². The quantitative estimate of drug-likeness (QED) is 0.166. The second-order valence-electron chi connectivity index (χ2n) is 9.42. The smallest absolute Gasteiger partial charge is 0.316 e. The first kappa shape index (κ1) is 31.1. The fourth-order valence-electron chi connectivity index (χ4n) is 4.28. The van der Waals surface area contributed by atoms with E-state index in [1.807, 2.05) is 24.5 Å². The van der Waals surface area contributed by atoms with Crippen molar-refractivity contribution >= 4 is 51.0 Å². The molecular weight excluding hydrogens is 612 g/mol. The number of nitrogens with one attached hydrogen (secondary N) is 1. The Hall–Kier alpha value is -3.80. The molecule has 0 unspecified atom stereocenters. The zero-order valence-corrected chi connectivity index (χ0v) is 24.9. The molecule has 0 aliphatic rings. The number of benzene rings is 3. The fourth-order valence-corrected chi connectivity index (χ4v) is 6.19. The summed E-state index contributed by atoms with van der Waals surface area (Å²) in [6, 6.07) is 16.4. The predicted molar refractivity (Wildman–Crippen MR) is 158 cm³/mol. The molecule has 1 heterocycles. The number of hydrazone groups is 1. The predicted octanol–water partition coefficient (Wildman–Crippen LogP) is 7.07. The van der Waals surface area contributed by atoms with Crippen LogP contribution in [0.5, 0.6) is 0 Å². The first-order chi connectivity index (χ1) is 19.7. The molecule has 0 aliphatic carbocycles. The minimum Gasteiger partial charge on any atom is -0.316 e. The number of alkyl halides is 3. The van der Waals surface area contributed by atoms with Crippen LogP contribution in [0.15, 0.2) is 82.8 Å². The first-order valence-corrected chi connectivity index (χ1v) is 14.6. The van der Waals surface area contributed by atoms with E-state index < -0.39 is 34.2 Å². The van der Waals surface area contributed by atoms with Gasteiger partial charge in [-0.05, 0) is 75.4 Å². The molecule has 1 N–H and O–H groups in total. The van der Waals surface area contributed by atoms with Gasteiger partial charge in [0.05, 0.1) is 33.1 Å². The lowest BCUT2D eigenvalue weighted by molar-refractivity contribution is -0.137. The average molecular weight is 638 g/mol. The summed E-state index contributed by atoms with van der Waals surface area (Å²) in [6.07, 6.45) is -3.34. The largest absolute Gasteiger partial charge is 0.416 e. The first-order valence-electron chi connectivity index (χ1n) is 12.4. The van der Waals surface area contributed by atoms with E-state index in [4.69, 9.17) is 23.2 Å². The Bertz CT molecular complexity index is 1770. The van der Waals surface area contributed by atoms with Crippen LogP contribution >= 0.6 is 23.2 Å². The summed E-state index contributed by atoms with van der Waals surface area (Å²) in [7, 11) is -4.42. The van der Waals surface area contributed by atoms with E-state index in [2.05, 4.69) is 10.5 Å². The molecule has 1 amide bonds. The molecule has 4 rings (SSSR count). The van der Waals surface area contributed by atoms with Crippen LogP contribution in [0, 0.1) is 20.8 Å². The number of sulfonamides is 1. The van der Waals surface area contributed by atoms with Gasteiger partial charge in [-0.3, -0.25) is 9.10 Å². The highest BCUT2D eigenvalue weighted by molar-refractivity contribution is 7.92. The Morgan fingerprint density at radius 3 is 2.33 bits per heavy atom. The van der Waals surface area contributed by atoms with Crippen molar-refractivity contribution in [1.29, 1.82) is 0 Å². The Morgan fingerprint density at radius 2 is 1.69 bits per heavy atom. The molecule has 0 radical (unpaired) electrons. The van der Waals surface area contributed by atoms with Gasteiger partial charge in [-0.25, -0.2) is 13.8 Å². The number of aryl methyl sites for hydroxylation is 2. The van der Waals surface area contributed by atoms with Crippen LogP contribution in [0.2, 0.25) is 10.0 Å². The van der Waals surface area contributed by atoms with Crippen LogP contribution < -0.4 is 9.73 Å². The number of anilines is 1. The molecule has 7 nitrogen and oxygen atoms in total. The van der Waals surface area contributed by atoms with Gasteiger partial charge in [-0.15, -0.1) is 0 Å². The standard InChI is InChI=1S/C29H25Cl2F3N4O3S/c1-18-7-10-25(11-8-18)42(40,41)37(24-6-4-5-22(14-24)29(32,33)34)17-28(39)36-35-16-21-13-19(2)38(20(21)3)27-12-9-23(30)15-26(27)31/h4-16H,17H2,1-3H3,(H,36,39)/b35-16-. The Morgan fingerprint density at radius 1 is 1.00 bits per heavy atom. The van der Waals surface area contributed by atoms with Crippen molar-refractivity contribution in [2.45, 2.75) is 31.8 Å². The summed E-state index contributed by atoms with van der Waals surface area (Å²) in [5.74, 6) is -0.867. The lowest BCUT2D eigenvalue weighted by Crippen LogP contribution is -2.39. The van der Waals surface area contributed by atoms with Gasteiger partial charge in [0.1, 0.15) is 6.54 Å². The minimum absolute atomic E-state index is 0.185. The van der Waals surface area contributed by atoms with Gasteiger partial charge in [0.15, 0.2) is 0 Å². The van der Waals surface area contributed by atoms with E-state index in [-0.39, 0.29) is 10.6 Å². The number of aromatic nitrogens is 1. The summed E-state index contributed by atoms with van der Waals surface area (Å²) in [6.45, 7) is 4.61. The molecule has 0 saturated heterocycles. The number of hydrogen-bond acceptors (Lipinski definition) is 4. The third kappa shape index (κ3) is 6.80. The van der Waals surface area contributed by atoms with Crippen molar-refractivity contribution < 1.29 is 26.4 Å². The van der Waals surface area contributed by atoms with Crippen molar-refractivity contribution in [1.82, 2.24) is 9.99 Å². The molecule has 4 aromatic rings. The maximum Gasteiger partial charge on any atom is 0.416 e. The van der Waals surface area contributed by atoms with Gasteiger partial charge in [0.25, 0.3) is 15.9 Å². The zero-order valence-electron chi connectivity index (χ0n) is 22.6. The molecule has 13 heteroatoms. The number of hydrogen-bond donors (Lipinski definition) is 1. The van der Waals surface area contributed by atoms with E-state index in [0.29, 0.717) is 31.7 Å². The maximum absolute atomic E-state index is 13.5. The number of nitrogens with zero attached hydrogens (tertiary/aromatic N) is 3. The van der Waals surface area contributed by atoms with Gasteiger partial charge in [0, 0.05) is 22.0 Å². The number of carbonyl (C=O) groups excluding carboxylic acids is 1. The van der Waals surface area contributed by atoms with Crippen LogP contribution in [0.1, 0.15) is 28.1 Å². The molecular formula is C29H25Cl2F3N4O3S. The van der Waals surface area contributed by atoms with Crippen molar-refractivity contribution in [2.24, 2.45) is 5.10 Å². The third-order valence-corrected chi connectivity index (χ3v) is 8.70. The second kappa shape index (κ2) is 12.2. The van der Waals surface area contributed by atoms with Gasteiger partial charge in [-0.2, -0.15) is 18.3 Å². The number of halogens is 5. The fraction of sp³-hybridized carbons (Fsp3) is 0.172. The zero-order chi connectivity index (χ0) is 30.8. The summed E-state index contributed by atoms with van der Waals surface area (Å²) in [5.41, 5.74) is 4.58. The van der Waals surface area contributed by atoms with E-state index in [9.17, 15) is 26.4 Å². The SMILES string of the molecule is Cc1ccc(S(=O)(=O)N(CC(=O)N/N=C\c2cc(C)n(-c3ccc(Cl)cc3Cl)c2C)c2cccc(C(F)(F)F)c2)cc1. The van der Waals surface area contributed by atoms with Gasteiger partial charge in [0.2, 0.25) is 0 Å². The summed E-state index contributed by atoms with van der Waals surface area (Å²) in [4.78, 5) is 12.7. The highest BCUT2D eigenvalue weighted by Crippen LogP contribution is 2.33. The maximum atomic E-state index is 13.5. The highest BCUT2D eigenvalue weighted by atomic mass is 35.5. The number of amides is 1. The monoisotopic (exact) mass is 636 g/mol. The third-order valence-electron chi connectivity index (χ3n) is 6.37. The summed E-state index contributed by atoms with van der Waals surface area (Å²) < 4.78 is 69.8. The Balaban J connectivity index is 1.60. The van der Waals surface area contributed by atoms with Crippen molar-refractivity contribution in [2.75, 3.05) is 10.8 Å². The topological polar surface area (TPSA) is 83.8 Å². The van der Waals surface area contributed by atoms with Crippen molar-refractivity contribution in [3.8, 4) is 5.69 Å². The van der Waals surface area contributed by atoms with Gasteiger partial charge >= 0.3 is 6.18 Å². The van der Waals surface area contributed by atoms with Crippen LogP contribution in [0.3, 0.4) is 0 Å². The molecule has 0 saturated carbocycles. The van der Waals surface area contributed by atoms with E-state index in [1.165, 1.54) is 24.4 Å². The van der Waals surface area contributed by atoms with E-state index in [1.54, 1.807) is 37.3 Å². The molecule has 0 bridgehead atoms. The molecule has 3 aromatic carbocycles. The van der Waals surface area contributed by atoms with Crippen molar-refractivity contribution in [3.63, 3.8) is 0 Å². The number of rotatable bonds is 8. The summed E-state index contributed by atoms with van der Waals surface area (Å²) in [5, 5.41) is 4.88. The molecule has 0 spiro atoms. The molecule has 42 heavy (non-hydrogen) atoms. The van der Waals surface area contributed by atoms with Gasteiger partial charge in [-0.1, -0.05) is 47.0 Å². The Kier molecular flexibility index (Phi) is 9.05. The van der Waals surface area contributed by atoms with Gasteiger partial charge < -0.3 is 4.57 Å². The lowest BCUT2D eigenvalue weighted by Gasteiger charge is -2.24. The molecule has 1 aromatic heterocycles.